The van der Waals surface area contributed by atoms with Gasteiger partial charge in [-0.1, -0.05) is 11.8 Å². The van der Waals surface area contributed by atoms with E-state index in [2.05, 4.69) is 15.3 Å². The molecule has 0 aromatic carbocycles. The van der Waals surface area contributed by atoms with Gasteiger partial charge in [-0.3, -0.25) is 14.9 Å². The Bertz CT molecular complexity index is 1200. The zero-order valence-electron chi connectivity index (χ0n) is 17.4. The number of aromatic nitrogens is 2. The minimum Gasteiger partial charge on any atom is -0.462 e. The van der Waals surface area contributed by atoms with Gasteiger partial charge in [-0.15, -0.1) is 11.3 Å². The summed E-state index contributed by atoms with van der Waals surface area (Å²) in [5.74, 6) is -1.18. The van der Waals surface area contributed by atoms with Gasteiger partial charge in [0, 0.05) is 10.3 Å². The molecule has 8 nitrogen and oxygen atoms in total. The second kappa shape index (κ2) is 8.80. The predicted octanol–water partition coefficient (Wildman–Crippen LogP) is 4.19. The highest BCUT2D eigenvalue weighted by Gasteiger charge is 2.29. The number of rotatable bonds is 7. The lowest BCUT2D eigenvalue weighted by molar-refractivity contribution is -0.113. The van der Waals surface area contributed by atoms with Crippen LogP contribution in [0.15, 0.2) is 15.8 Å². The minimum absolute atomic E-state index is 0.0507. The number of fused-ring (bicyclic) bond motifs is 3. The van der Waals surface area contributed by atoms with E-state index in [4.69, 9.17) is 9.15 Å². The fourth-order valence-electron chi connectivity index (χ4n) is 3.76. The molecule has 0 fully saturated rings. The third-order valence-electron chi connectivity index (χ3n) is 4.98. The van der Waals surface area contributed by atoms with E-state index in [-0.39, 0.29) is 46.8 Å². The second-order valence-corrected chi connectivity index (χ2v) is 9.11. The van der Waals surface area contributed by atoms with Crippen LogP contribution in [0.2, 0.25) is 0 Å². The number of hydrogen-bond acceptors (Lipinski definition) is 9. The molecule has 0 atom stereocenters. The number of nitrogens with zero attached hydrogens (tertiary/aromatic N) is 2. The van der Waals surface area contributed by atoms with Gasteiger partial charge in [0.15, 0.2) is 5.78 Å². The maximum Gasteiger partial charge on any atom is 0.344 e. The number of carbonyl (C=O) groups excluding carboxylic acids is 3. The summed E-state index contributed by atoms with van der Waals surface area (Å²) in [6, 6.07) is 0. The highest BCUT2D eigenvalue weighted by Crippen LogP contribution is 2.40. The van der Waals surface area contributed by atoms with Crippen LogP contribution in [0.3, 0.4) is 0 Å². The first kappa shape index (κ1) is 21.5. The standard InChI is InChI=1S/C21H21N3O5S2/c1-4-28-21(27)17-15(10(2)25)11(3)29-18(17)24-14(26)8-30-19-16-12-6-5-7-13(12)31-20(16)23-9-22-19/h9H,4-8H2,1-3H3,(H,24,26). The molecule has 0 saturated carbocycles. The second-order valence-electron chi connectivity index (χ2n) is 7.07. The van der Waals surface area contributed by atoms with Crippen LogP contribution in [0.1, 0.15) is 57.2 Å². The maximum absolute atomic E-state index is 12.6. The number of ketones is 1. The third-order valence-corrected chi connectivity index (χ3v) is 7.16. The molecular formula is C21H21N3O5S2. The summed E-state index contributed by atoms with van der Waals surface area (Å²) in [5.41, 5.74) is 1.36. The van der Waals surface area contributed by atoms with Gasteiger partial charge in [-0.25, -0.2) is 14.8 Å². The van der Waals surface area contributed by atoms with Gasteiger partial charge < -0.3 is 9.15 Å². The van der Waals surface area contributed by atoms with Gasteiger partial charge in [0.1, 0.15) is 27.5 Å². The first-order valence-electron chi connectivity index (χ1n) is 9.90. The molecule has 0 saturated heterocycles. The summed E-state index contributed by atoms with van der Waals surface area (Å²) >= 11 is 3.00. The molecule has 4 rings (SSSR count). The van der Waals surface area contributed by atoms with E-state index in [1.54, 1.807) is 25.2 Å². The average Bonchev–Trinajstić information content (AvgIpc) is 3.39. The Morgan fingerprint density at radius 3 is 2.81 bits per heavy atom. The lowest BCUT2D eigenvalue weighted by Gasteiger charge is -2.07. The Labute approximate surface area is 186 Å². The number of thioether (sulfide) groups is 1. The molecule has 1 amide bonds. The van der Waals surface area contributed by atoms with Crippen LogP contribution in [0.4, 0.5) is 5.88 Å². The minimum atomic E-state index is -0.709. The first-order valence-corrected chi connectivity index (χ1v) is 11.7. The van der Waals surface area contributed by atoms with Gasteiger partial charge in [-0.2, -0.15) is 0 Å². The Kier molecular flexibility index (Phi) is 6.10. The van der Waals surface area contributed by atoms with E-state index in [0.717, 1.165) is 34.5 Å². The summed E-state index contributed by atoms with van der Waals surface area (Å²) in [6.07, 6.45) is 4.71. The van der Waals surface area contributed by atoms with Gasteiger partial charge in [-0.05, 0) is 45.6 Å². The Morgan fingerprint density at radius 2 is 2.06 bits per heavy atom. The number of furan rings is 1. The van der Waals surface area contributed by atoms with Crippen molar-refractivity contribution in [1.82, 2.24) is 9.97 Å². The number of thiophene rings is 1. The van der Waals surface area contributed by atoms with Crippen molar-refractivity contribution in [2.45, 2.75) is 45.1 Å². The molecule has 1 aliphatic carbocycles. The molecule has 10 heteroatoms. The van der Waals surface area contributed by atoms with Crippen molar-refractivity contribution in [2.24, 2.45) is 0 Å². The summed E-state index contributed by atoms with van der Waals surface area (Å²) < 4.78 is 10.6. The first-order chi connectivity index (χ1) is 14.9. The number of aryl methyl sites for hydroxylation is 3. The van der Waals surface area contributed by atoms with Crippen molar-refractivity contribution in [3.63, 3.8) is 0 Å². The number of anilines is 1. The largest absolute Gasteiger partial charge is 0.462 e. The summed E-state index contributed by atoms with van der Waals surface area (Å²) in [5, 5.41) is 4.42. The van der Waals surface area contributed by atoms with E-state index in [1.807, 2.05) is 0 Å². The third kappa shape index (κ3) is 4.09. The highest BCUT2D eigenvalue weighted by atomic mass is 32.2. The highest BCUT2D eigenvalue weighted by molar-refractivity contribution is 8.00. The van der Waals surface area contributed by atoms with Crippen LogP contribution in [-0.4, -0.2) is 40.0 Å². The van der Waals surface area contributed by atoms with Crippen LogP contribution in [0.5, 0.6) is 0 Å². The smallest absolute Gasteiger partial charge is 0.344 e. The topological polar surface area (TPSA) is 111 Å². The van der Waals surface area contributed by atoms with Gasteiger partial charge >= 0.3 is 5.97 Å². The lowest BCUT2D eigenvalue weighted by Crippen LogP contribution is -2.17. The Balaban J connectivity index is 1.54. The summed E-state index contributed by atoms with van der Waals surface area (Å²) in [7, 11) is 0. The molecular weight excluding hydrogens is 438 g/mol. The number of nitrogens with one attached hydrogen (secondary N) is 1. The van der Waals surface area contributed by atoms with Crippen molar-refractivity contribution < 1.29 is 23.5 Å². The van der Waals surface area contributed by atoms with Crippen LogP contribution < -0.4 is 5.32 Å². The van der Waals surface area contributed by atoms with E-state index >= 15 is 0 Å². The quantitative estimate of drug-likeness (QED) is 0.242. The van der Waals surface area contributed by atoms with Crippen molar-refractivity contribution in [3.05, 3.63) is 33.7 Å². The Hall–Kier alpha value is -2.72. The van der Waals surface area contributed by atoms with Gasteiger partial charge in [0.05, 0.1) is 17.9 Å². The molecule has 1 N–H and O–H groups in total. The molecule has 0 unspecified atom stereocenters. The van der Waals surface area contributed by atoms with Gasteiger partial charge in [0.25, 0.3) is 0 Å². The Morgan fingerprint density at radius 1 is 1.26 bits per heavy atom. The number of hydrogen-bond donors (Lipinski definition) is 1. The molecule has 3 aromatic heterocycles. The maximum atomic E-state index is 12.6. The zero-order chi connectivity index (χ0) is 22.1. The van der Waals surface area contributed by atoms with Crippen molar-refractivity contribution in [1.29, 1.82) is 0 Å². The fourth-order valence-corrected chi connectivity index (χ4v) is 5.88. The van der Waals surface area contributed by atoms with Crippen LogP contribution in [0, 0.1) is 6.92 Å². The van der Waals surface area contributed by atoms with Crippen LogP contribution >= 0.6 is 23.1 Å². The molecule has 0 bridgehead atoms. The van der Waals surface area contributed by atoms with Crippen LogP contribution in [-0.2, 0) is 22.4 Å². The molecule has 3 heterocycles. The monoisotopic (exact) mass is 459 g/mol. The molecule has 1 aliphatic rings. The van der Waals surface area contributed by atoms with E-state index in [9.17, 15) is 14.4 Å². The molecule has 3 aromatic rings. The number of Topliss-reactive ketones (excluding diaryl/α,β-unsaturated/α-hetero) is 1. The number of ether oxygens (including phenoxy) is 1. The van der Waals surface area contributed by atoms with E-state index < -0.39 is 5.97 Å². The molecule has 0 spiro atoms. The van der Waals surface area contributed by atoms with Crippen molar-refractivity contribution in [3.8, 4) is 0 Å². The van der Waals surface area contributed by atoms with E-state index in [1.165, 1.54) is 35.5 Å². The predicted molar refractivity (Wildman–Crippen MR) is 118 cm³/mol. The lowest BCUT2D eigenvalue weighted by atomic mass is 10.1. The molecule has 31 heavy (non-hydrogen) atoms. The summed E-state index contributed by atoms with van der Waals surface area (Å²) in [4.78, 5) is 48.1. The van der Waals surface area contributed by atoms with Crippen LogP contribution in [0.25, 0.3) is 10.2 Å². The SMILES string of the molecule is CCOC(=O)c1c(NC(=O)CSc2ncnc3sc4c(c23)CCC4)oc(C)c1C(C)=O. The van der Waals surface area contributed by atoms with Gasteiger partial charge in [0.2, 0.25) is 11.8 Å². The number of carbonyl (C=O) groups is 3. The average molecular weight is 460 g/mol. The molecule has 162 valence electrons. The zero-order valence-corrected chi connectivity index (χ0v) is 19.0. The normalized spacial score (nSPS) is 12.7. The molecule has 0 aliphatic heterocycles. The number of amides is 1. The number of esters is 1. The summed E-state index contributed by atoms with van der Waals surface area (Å²) in [6.45, 7) is 4.70. The van der Waals surface area contributed by atoms with E-state index in [0.29, 0.717) is 0 Å². The van der Waals surface area contributed by atoms with Crippen molar-refractivity contribution >= 4 is 56.9 Å². The fraction of sp³-hybridized carbons (Fsp3) is 0.381. The van der Waals surface area contributed by atoms with Crippen molar-refractivity contribution in [2.75, 3.05) is 17.7 Å². The molecule has 0 radical (unpaired) electrons.